The lowest BCUT2D eigenvalue weighted by Crippen LogP contribution is -2.14. The van der Waals surface area contributed by atoms with Crippen LogP contribution in [0.25, 0.3) is 88.3 Å². The topological polar surface area (TPSA) is 6.48 Å². The molecule has 13 aromatic carbocycles. The third-order valence-corrected chi connectivity index (χ3v) is 17.8. The van der Waals surface area contributed by atoms with Gasteiger partial charge in [0.1, 0.15) is 0 Å². The van der Waals surface area contributed by atoms with Crippen LogP contribution in [0.15, 0.2) is 291 Å². The molecule has 0 aliphatic heterocycles. The van der Waals surface area contributed by atoms with E-state index in [1.54, 1.807) is 0 Å². The maximum absolute atomic E-state index is 2.43. The number of hydrogen-bond donors (Lipinski definition) is 0. The molecule has 0 aromatic heterocycles. The Morgan fingerprint density at radius 3 is 0.902 bits per heavy atom. The molecule has 2 heteroatoms. The molecule has 390 valence electrons. The second kappa shape index (κ2) is 19.4. The Morgan fingerprint density at radius 2 is 0.512 bits per heavy atom. The molecule has 0 spiro atoms. The van der Waals surface area contributed by atoms with E-state index in [0.717, 1.165) is 34.1 Å². The molecule has 2 nitrogen and oxygen atoms in total. The maximum Gasteiger partial charge on any atom is 0.0468 e. The number of hydrogen-bond acceptors (Lipinski definition) is 2. The summed E-state index contributed by atoms with van der Waals surface area (Å²) in [6.07, 6.45) is 0. The zero-order valence-electron chi connectivity index (χ0n) is 46.6. The van der Waals surface area contributed by atoms with Gasteiger partial charge in [-0.1, -0.05) is 234 Å². The van der Waals surface area contributed by atoms with Crippen molar-refractivity contribution in [2.45, 2.75) is 38.5 Å². The number of rotatable bonds is 10. The zero-order chi connectivity index (χ0) is 55.1. The molecule has 15 rings (SSSR count). The Morgan fingerprint density at radius 1 is 0.207 bits per heavy atom. The summed E-state index contributed by atoms with van der Waals surface area (Å²) >= 11 is 0. The summed E-state index contributed by atoms with van der Waals surface area (Å²) in [4.78, 5) is 4.81. The molecule has 0 saturated heterocycles. The first-order chi connectivity index (χ1) is 40.2. The normalized spacial score (nSPS) is 13.3. The minimum Gasteiger partial charge on any atom is -0.310 e. The van der Waals surface area contributed by atoms with Crippen molar-refractivity contribution in [2.24, 2.45) is 0 Å². The fraction of sp³-hybridized carbons (Fsp3) is 0.0750. The van der Waals surface area contributed by atoms with Gasteiger partial charge in [-0.25, -0.2) is 0 Å². The van der Waals surface area contributed by atoms with Gasteiger partial charge >= 0.3 is 0 Å². The Balaban J connectivity index is 0.865. The van der Waals surface area contributed by atoms with Crippen molar-refractivity contribution in [2.75, 3.05) is 9.80 Å². The summed E-state index contributed by atoms with van der Waals surface area (Å²) in [6, 6.07) is 108. The van der Waals surface area contributed by atoms with Crippen molar-refractivity contribution < 1.29 is 0 Å². The van der Waals surface area contributed by atoms with Gasteiger partial charge in [0, 0.05) is 45.0 Å². The van der Waals surface area contributed by atoms with E-state index in [0.29, 0.717) is 0 Å². The predicted octanol–water partition coefficient (Wildman–Crippen LogP) is 22.2. The first-order valence-corrected chi connectivity index (χ1v) is 28.7. The number of benzene rings is 13. The number of para-hydroxylation sites is 2. The van der Waals surface area contributed by atoms with E-state index in [9.17, 15) is 0 Å². The molecule has 0 unspecified atom stereocenters. The average molecular weight is 1050 g/mol. The lowest BCUT2D eigenvalue weighted by Gasteiger charge is -2.28. The standard InChI is InChI=1S/C80H60N2/c1-79(2)73-31-19-17-29-65(73)67-45-37-57(49-75(67)79)53-33-39-61(40-34-53)81(59-25-13-7-14-26-59)63-43-47-69-71(51-63)77(55-21-9-5-10-22-55)70-48-44-64(52-72(70)78(69)56-23-11-6-12-24-56)82(60-27-15-8-16-28-60)62-41-35-54(36-42-62)58-38-46-68-66-30-18-20-32-74(66)80(3,4)76(68)50-58/h5-52H,1-4H3. The third kappa shape index (κ3) is 8.00. The SMILES string of the molecule is CC1(C)c2ccccc2-c2ccc(-c3ccc(N(c4ccccc4)c4ccc5c(-c6ccccc6)c6cc(N(c7ccccc7)c7ccc(-c8ccc9c(c8)C(C)(C)c8ccccc8-9)cc7)ccc6c(-c6ccccc6)c5c4)cc3)cc21. The third-order valence-electron chi connectivity index (χ3n) is 17.8. The second-order valence-electron chi connectivity index (χ2n) is 23.2. The fourth-order valence-corrected chi connectivity index (χ4v) is 13.7. The number of fused-ring (bicyclic) bond motifs is 8. The molecular weight excluding hydrogens is 989 g/mol. The van der Waals surface area contributed by atoms with E-state index in [1.807, 2.05) is 0 Å². The lowest BCUT2D eigenvalue weighted by molar-refractivity contribution is 0.660. The summed E-state index contributed by atoms with van der Waals surface area (Å²) in [5.41, 5.74) is 26.9. The predicted molar refractivity (Wildman–Crippen MR) is 348 cm³/mol. The van der Waals surface area contributed by atoms with Crippen LogP contribution in [0.1, 0.15) is 49.9 Å². The van der Waals surface area contributed by atoms with Crippen LogP contribution in [0.2, 0.25) is 0 Å². The molecule has 0 radical (unpaired) electrons. The summed E-state index contributed by atoms with van der Waals surface area (Å²) in [5, 5.41) is 4.77. The van der Waals surface area contributed by atoms with Crippen molar-refractivity contribution in [1.82, 2.24) is 0 Å². The molecule has 82 heavy (non-hydrogen) atoms. The monoisotopic (exact) mass is 1050 g/mol. The van der Waals surface area contributed by atoms with E-state index in [2.05, 4.69) is 329 Å². The van der Waals surface area contributed by atoms with Crippen molar-refractivity contribution in [3.8, 4) is 66.8 Å². The van der Waals surface area contributed by atoms with Gasteiger partial charge in [-0.2, -0.15) is 0 Å². The van der Waals surface area contributed by atoms with Crippen LogP contribution >= 0.6 is 0 Å². The first-order valence-electron chi connectivity index (χ1n) is 28.7. The van der Waals surface area contributed by atoms with Crippen molar-refractivity contribution in [3.05, 3.63) is 313 Å². The highest BCUT2D eigenvalue weighted by molar-refractivity contribution is 6.22. The van der Waals surface area contributed by atoms with E-state index < -0.39 is 0 Å². The molecule has 0 fully saturated rings. The minimum atomic E-state index is -0.0683. The largest absolute Gasteiger partial charge is 0.310 e. The highest BCUT2D eigenvalue weighted by Crippen LogP contribution is 2.53. The molecule has 0 heterocycles. The average Bonchev–Trinajstić information content (AvgIpc) is 4.05. The quantitative estimate of drug-likeness (QED) is 0.126. The van der Waals surface area contributed by atoms with E-state index in [4.69, 9.17) is 0 Å². The maximum atomic E-state index is 2.43. The smallest absolute Gasteiger partial charge is 0.0468 e. The van der Waals surface area contributed by atoms with Crippen molar-refractivity contribution in [1.29, 1.82) is 0 Å². The van der Waals surface area contributed by atoms with Crippen molar-refractivity contribution >= 4 is 55.7 Å². The van der Waals surface area contributed by atoms with Gasteiger partial charge in [-0.05, 0) is 195 Å². The number of anilines is 6. The van der Waals surface area contributed by atoms with Crippen LogP contribution < -0.4 is 9.80 Å². The van der Waals surface area contributed by atoms with Crippen LogP contribution in [-0.2, 0) is 10.8 Å². The van der Waals surface area contributed by atoms with Gasteiger partial charge in [-0.15, -0.1) is 0 Å². The zero-order valence-corrected chi connectivity index (χ0v) is 46.6. The van der Waals surface area contributed by atoms with Crippen LogP contribution in [-0.4, -0.2) is 0 Å². The molecule has 0 saturated carbocycles. The molecule has 0 atom stereocenters. The Hall–Kier alpha value is -10.0. The van der Waals surface area contributed by atoms with E-state index >= 15 is 0 Å². The van der Waals surface area contributed by atoms with Crippen LogP contribution in [0.3, 0.4) is 0 Å². The number of nitrogens with zero attached hydrogens (tertiary/aromatic N) is 2. The first kappa shape index (κ1) is 49.1. The summed E-state index contributed by atoms with van der Waals surface area (Å²) in [7, 11) is 0. The molecule has 0 N–H and O–H groups in total. The highest BCUT2D eigenvalue weighted by Gasteiger charge is 2.37. The summed E-state index contributed by atoms with van der Waals surface area (Å²) in [6.45, 7) is 9.42. The van der Waals surface area contributed by atoms with Gasteiger partial charge in [0.15, 0.2) is 0 Å². The van der Waals surface area contributed by atoms with Crippen molar-refractivity contribution in [3.63, 3.8) is 0 Å². The molecular formula is C80H60N2. The van der Waals surface area contributed by atoms with Gasteiger partial charge in [-0.3, -0.25) is 0 Å². The summed E-state index contributed by atoms with van der Waals surface area (Å²) in [5.74, 6) is 0. The molecule has 13 aromatic rings. The Bertz CT molecular complexity index is 4280. The minimum absolute atomic E-state index is 0.0683. The lowest BCUT2D eigenvalue weighted by atomic mass is 9.81. The van der Waals surface area contributed by atoms with E-state index in [-0.39, 0.29) is 10.8 Å². The van der Waals surface area contributed by atoms with Crippen LogP contribution in [0, 0.1) is 0 Å². The molecule has 0 bridgehead atoms. The molecule has 0 amide bonds. The highest BCUT2D eigenvalue weighted by atomic mass is 15.1. The molecule has 2 aliphatic rings. The van der Waals surface area contributed by atoms with E-state index in [1.165, 1.54) is 111 Å². The van der Waals surface area contributed by atoms with Gasteiger partial charge in [0.05, 0.1) is 0 Å². The fourth-order valence-electron chi connectivity index (χ4n) is 13.7. The Kier molecular flexibility index (Phi) is 11.6. The van der Waals surface area contributed by atoms with Gasteiger partial charge in [0.2, 0.25) is 0 Å². The van der Waals surface area contributed by atoms with Crippen LogP contribution in [0.5, 0.6) is 0 Å². The van der Waals surface area contributed by atoms with Gasteiger partial charge in [0.25, 0.3) is 0 Å². The Labute approximate surface area is 481 Å². The van der Waals surface area contributed by atoms with Crippen LogP contribution in [0.4, 0.5) is 34.1 Å². The van der Waals surface area contributed by atoms with Gasteiger partial charge < -0.3 is 9.80 Å². The second-order valence-corrected chi connectivity index (χ2v) is 23.2. The summed E-state index contributed by atoms with van der Waals surface area (Å²) < 4.78 is 0. The molecule has 2 aliphatic carbocycles.